The summed E-state index contributed by atoms with van der Waals surface area (Å²) in [5, 5.41) is 6.10. The number of hydrogen-bond acceptors (Lipinski definition) is 3. The van der Waals surface area contributed by atoms with Crippen molar-refractivity contribution < 1.29 is 4.79 Å². The molecule has 1 aromatic carbocycles. The van der Waals surface area contributed by atoms with E-state index in [0.717, 1.165) is 16.8 Å². The topological polar surface area (TPSA) is 54.0 Å². The van der Waals surface area contributed by atoms with Crippen molar-refractivity contribution in [1.29, 1.82) is 0 Å². The summed E-state index contributed by atoms with van der Waals surface area (Å²) >= 11 is 0. The number of benzene rings is 1. The Kier molecular flexibility index (Phi) is 4.85. The predicted octanol–water partition coefficient (Wildman–Crippen LogP) is 2.68. The lowest BCUT2D eigenvalue weighted by Crippen LogP contribution is -2.30. The van der Waals surface area contributed by atoms with Crippen molar-refractivity contribution in [3.05, 3.63) is 59.9 Å². The molecule has 20 heavy (non-hydrogen) atoms. The Morgan fingerprint density at radius 2 is 1.90 bits per heavy atom. The van der Waals surface area contributed by atoms with Crippen LogP contribution in [-0.2, 0) is 4.79 Å². The molecule has 104 valence electrons. The normalized spacial score (nSPS) is 11.9. The van der Waals surface area contributed by atoms with Gasteiger partial charge in [-0.25, -0.2) is 0 Å². The van der Waals surface area contributed by atoms with Gasteiger partial charge in [0.2, 0.25) is 5.91 Å². The zero-order chi connectivity index (χ0) is 14.4. The minimum absolute atomic E-state index is 0.0415. The first-order chi connectivity index (χ1) is 9.66. The van der Waals surface area contributed by atoms with E-state index in [0.29, 0.717) is 0 Å². The summed E-state index contributed by atoms with van der Waals surface area (Å²) in [4.78, 5) is 15.9. The summed E-state index contributed by atoms with van der Waals surface area (Å²) in [7, 11) is 0. The highest BCUT2D eigenvalue weighted by molar-refractivity contribution is 5.92. The fraction of sp³-hybridized carbons (Fsp3) is 0.250. The van der Waals surface area contributed by atoms with E-state index in [9.17, 15) is 4.79 Å². The number of rotatable bonds is 5. The number of anilines is 1. The molecule has 0 aliphatic carbocycles. The van der Waals surface area contributed by atoms with Crippen molar-refractivity contribution in [2.75, 3.05) is 11.9 Å². The van der Waals surface area contributed by atoms with Crippen LogP contribution in [-0.4, -0.2) is 17.4 Å². The zero-order valence-electron chi connectivity index (χ0n) is 11.8. The van der Waals surface area contributed by atoms with E-state index in [1.807, 2.05) is 50.2 Å². The van der Waals surface area contributed by atoms with E-state index >= 15 is 0 Å². The van der Waals surface area contributed by atoms with Gasteiger partial charge in [0.15, 0.2) is 0 Å². The summed E-state index contributed by atoms with van der Waals surface area (Å²) in [6.45, 7) is 4.27. The quantitative estimate of drug-likeness (QED) is 0.877. The number of para-hydroxylation sites is 1. The Balaban J connectivity index is 1.85. The molecular formula is C16H19N3O. The van der Waals surface area contributed by atoms with Crippen LogP contribution in [0, 0.1) is 6.92 Å². The second-order valence-electron chi connectivity index (χ2n) is 4.75. The molecule has 0 spiro atoms. The fourth-order valence-corrected chi connectivity index (χ4v) is 1.92. The first-order valence-corrected chi connectivity index (χ1v) is 6.65. The second kappa shape index (κ2) is 6.82. The van der Waals surface area contributed by atoms with Crippen molar-refractivity contribution in [2.24, 2.45) is 0 Å². The summed E-state index contributed by atoms with van der Waals surface area (Å²) in [6.07, 6.45) is 3.50. The van der Waals surface area contributed by atoms with Crippen molar-refractivity contribution in [1.82, 2.24) is 10.3 Å². The lowest BCUT2D eigenvalue weighted by Gasteiger charge is -2.14. The number of aryl methyl sites for hydroxylation is 1. The highest BCUT2D eigenvalue weighted by Crippen LogP contribution is 2.13. The van der Waals surface area contributed by atoms with Crippen LogP contribution in [0.5, 0.6) is 0 Å². The maximum Gasteiger partial charge on any atom is 0.238 e. The largest absolute Gasteiger partial charge is 0.325 e. The molecule has 4 heteroatoms. The number of carbonyl (C=O) groups is 1. The van der Waals surface area contributed by atoms with E-state index in [-0.39, 0.29) is 18.5 Å². The smallest absolute Gasteiger partial charge is 0.238 e. The van der Waals surface area contributed by atoms with E-state index in [1.165, 1.54) is 0 Å². The van der Waals surface area contributed by atoms with Gasteiger partial charge in [-0.05, 0) is 43.2 Å². The third-order valence-electron chi connectivity index (χ3n) is 3.19. The van der Waals surface area contributed by atoms with Crippen LogP contribution in [0.3, 0.4) is 0 Å². The van der Waals surface area contributed by atoms with Crippen LogP contribution in [0.1, 0.15) is 24.1 Å². The van der Waals surface area contributed by atoms with Gasteiger partial charge in [0, 0.05) is 24.1 Å². The molecule has 0 radical (unpaired) electrons. The van der Waals surface area contributed by atoms with E-state index in [2.05, 4.69) is 15.6 Å². The molecule has 1 aromatic heterocycles. The molecule has 4 nitrogen and oxygen atoms in total. The van der Waals surface area contributed by atoms with Crippen LogP contribution in [0.25, 0.3) is 0 Å². The van der Waals surface area contributed by atoms with E-state index in [1.54, 1.807) is 12.4 Å². The van der Waals surface area contributed by atoms with Gasteiger partial charge in [-0.1, -0.05) is 18.2 Å². The molecule has 0 aliphatic rings. The van der Waals surface area contributed by atoms with Gasteiger partial charge in [0.25, 0.3) is 0 Å². The van der Waals surface area contributed by atoms with Crippen molar-refractivity contribution >= 4 is 11.6 Å². The third kappa shape index (κ3) is 3.90. The first-order valence-electron chi connectivity index (χ1n) is 6.65. The van der Waals surface area contributed by atoms with Gasteiger partial charge >= 0.3 is 0 Å². The lowest BCUT2D eigenvalue weighted by molar-refractivity contribution is -0.115. The molecular weight excluding hydrogens is 250 g/mol. The average molecular weight is 269 g/mol. The predicted molar refractivity (Wildman–Crippen MR) is 80.5 cm³/mol. The number of aromatic nitrogens is 1. The van der Waals surface area contributed by atoms with E-state index in [4.69, 9.17) is 0 Å². The maximum absolute atomic E-state index is 11.9. The molecule has 1 amide bonds. The van der Waals surface area contributed by atoms with Gasteiger partial charge in [-0.15, -0.1) is 0 Å². The molecule has 1 heterocycles. The van der Waals surface area contributed by atoms with Crippen molar-refractivity contribution in [2.45, 2.75) is 19.9 Å². The summed E-state index contributed by atoms with van der Waals surface area (Å²) in [6, 6.07) is 11.7. The fourth-order valence-electron chi connectivity index (χ4n) is 1.92. The molecule has 0 saturated carbocycles. The highest BCUT2D eigenvalue weighted by Gasteiger charge is 2.08. The molecule has 0 saturated heterocycles. The zero-order valence-corrected chi connectivity index (χ0v) is 11.8. The average Bonchev–Trinajstić information content (AvgIpc) is 2.48. The monoisotopic (exact) mass is 269 g/mol. The number of nitrogens with zero attached hydrogens (tertiary/aromatic N) is 1. The number of amides is 1. The van der Waals surface area contributed by atoms with Gasteiger partial charge in [-0.2, -0.15) is 0 Å². The third-order valence-corrected chi connectivity index (χ3v) is 3.19. The molecule has 0 fully saturated rings. The van der Waals surface area contributed by atoms with Crippen LogP contribution in [0.15, 0.2) is 48.8 Å². The maximum atomic E-state index is 11.9. The number of nitrogens with one attached hydrogen (secondary N) is 2. The molecule has 2 N–H and O–H groups in total. The molecule has 2 rings (SSSR count). The minimum atomic E-state index is -0.0415. The first kappa shape index (κ1) is 14.2. The minimum Gasteiger partial charge on any atom is -0.325 e. The Labute approximate surface area is 119 Å². The Morgan fingerprint density at radius 3 is 2.60 bits per heavy atom. The van der Waals surface area contributed by atoms with Gasteiger partial charge in [0.1, 0.15) is 0 Å². The lowest BCUT2D eigenvalue weighted by atomic mass is 10.1. The number of carbonyl (C=O) groups excluding carboxylic acids is 1. The van der Waals surface area contributed by atoms with Crippen LogP contribution >= 0.6 is 0 Å². The Hall–Kier alpha value is -2.20. The van der Waals surface area contributed by atoms with Gasteiger partial charge in [0.05, 0.1) is 6.54 Å². The SMILES string of the molecule is Cc1ccccc1NC(=O)CNC(C)c1ccncc1. The van der Waals surface area contributed by atoms with Gasteiger partial charge in [-0.3, -0.25) is 9.78 Å². The number of pyridine rings is 1. The summed E-state index contributed by atoms with van der Waals surface area (Å²) in [5.74, 6) is -0.0415. The van der Waals surface area contributed by atoms with E-state index < -0.39 is 0 Å². The standard InChI is InChI=1S/C16H19N3O/c1-12-5-3-4-6-15(12)19-16(20)11-18-13(2)14-7-9-17-10-8-14/h3-10,13,18H,11H2,1-2H3,(H,19,20). The Morgan fingerprint density at radius 1 is 1.20 bits per heavy atom. The highest BCUT2D eigenvalue weighted by atomic mass is 16.1. The van der Waals surface area contributed by atoms with Crippen molar-refractivity contribution in [3.8, 4) is 0 Å². The van der Waals surface area contributed by atoms with Crippen LogP contribution in [0.4, 0.5) is 5.69 Å². The molecule has 2 aromatic rings. The molecule has 1 unspecified atom stereocenters. The number of hydrogen-bond donors (Lipinski definition) is 2. The van der Waals surface area contributed by atoms with Crippen molar-refractivity contribution in [3.63, 3.8) is 0 Å². The van der Waals surface area contributed by atoms with Crippen LogP contribution in [0.2, 0.25) is 0 Å². The van der Waals surface area contributed by atoms with Crippen LogP contribution < -0.4 is 10.6 Å². The van der Waals surface area contributed by atoms with Gasteiger partial charge < -0.3 is 10.6 Å². The molecule has 0 bridgehead atoms. The summed E-state index contributed by atoms with van der Waals surface area (Å²) < 4.78 is 0. The second-order valence-corrected chi connectivity index (χ2v) is 4.75. The molecule has 1 atom stereocenters. The molecule has 0 aliphatic heterocycles. The Bertz CT molecular complexity index is 569. The summed E-state index contributed by atoms with van der Waals surface area (Å²) in [5.41, 5.74) is 3.03.